The quantitative estimate of drug-likeness (QED) is 0.690. The Labute approximate surface area is 88.2 Å². The summed E-state index contributed by atoms with van der Waals surface area (Å²) in [5.74, 6) is 2.55. The number of nitrogens with two attached hydrogens (primary N) is 1. The van der Waals surface area contributed by atoms with E-state index >= 15 is 0 Å². The molecule has 3 atom stereocenters. The van der Waals surface area contributed by atoms with Crippen LogP contribution >= 0.6 is 0 Å². The van der Waals surface area contributed by atoms with Crippen LogP contribution in [-0.2, 0) is 4.74 Å². The first kappa shape index (κ1) is 12.0. The van der Waals surface area contributed by atoms with Gasteiger partial charge in [-0.3, -0.25) is 0 Å². The summed E-state index contributed by atoms with van der Waals surface area (Å²) in [5, 5.41) is 0. The van der Waals surface area contributed by atoms with E-state index < -0.39 is 0 Å². The third-order valence-corrected chi connectivity index (χ3v) is 3.63. The average molecular weight is 199 g/mol. The Hall–Kier alpha value is -0.0800. The molecule has 1 aliphatic carbocycles. The van der Waals surface area contributed by atoms with Crippen LogP contribution in [0, 0.1) is 17.8 Å². The van der Waals surface area contributed by atoms with Crippen molar-refractivity contribution in [3.63, 3.8) is 0 Å². The van der Waals surface area contributed by atoms with E-state index in [4.69, 9.17) is 10.5 Å². The second-order valence-electron chi connectivity index (χ2n) is 4.81. The number of ether oxygens (including phenoxy) is 1. The summed E-state index contributed by atoms with van der Waals surface area (Å²) < 4.78 is 5.10. The predicted octanol–water partition coefficient (Wildman–Crippen LogP) is 2.42. The van der Waals surface area contributed by atoms with Crippen molar-refractivity contribution >= 4 is 0 Å². The maximum Gasteiger partial charge on any atom is 0.0462 e. The van der Waals surface area contributed by atoms with Crippen molar-refractivity contribution in [2.75, 3.05) is 20.3 Å². The number of hydrogen-bond acceptors (Lipinski definition) is 2. The van der Waals surface area contributed by atoms with E-state index in [1.807, 2.05) is 0 Å². The molecule has 0 aromatic rings. The van der Waals surface area contributed by atoms with Crippen LogP contribution in [0.3, 0.4) is 0 Å². The maximum absolute atomic E-state index is 5.81. The Morgan fingerprint density at radius 1 is 1.29 bits per heavy atom. The second kappa shape index (κ2) is 6.41. The number of hydrogen-bond donors (Lipinski definition) is 1. The molecular formula is C12H25NO. The number of rotatable bonds is 5. The Morgan fingerprint density at radius 3 is 2.71 bits per heavy atom. The molecular weight excluding hydrogens is 174 g/mol. The molecule has 2 heteroatoms. The third kappa shape index (κ3) is 3.58. The van der Waals surface area contributed by atoms with Crippen molar-refractivity contribution < 1.29 is 4.74 Å². The van der Waals surface area contributed by atoms with E-state index in [-0.39, 0.29) is 0 Å². The van der Waals surface area contributed by atoms with Crippen LogP contribution in [0.25, 0.3) is 0 Å². The summed E-state index contributed by atoms with van der Waals surface area (Å²) >= 11 is 0. The van der Waals surface area contributed by atoms with Gasteiger partial charge in [-0.05, 0) is 50.0 Å². The second-order valence-corrected chi connectivity index (χ2v) is 4.81. The third-order valence-electron chi connectivity index (χ3n) is 3.63. The normalized spacial score (nSPS) is 33.2. The lowest BCUT2D eigenvalue weighted by Gasteiger charge is -2.34. The highest BCUT2D eigenvalue weighted by molar-refractivity contribution is 4.79. The zero-order valence-electron chi connectivity index (χ0n) is 9.67. The van der Waals surface area contributed by atoms with Crippen molar-refractivity contribution in [2.45, 2.75) is 39.0 Å². The largest absolute Gasteiger partial charge is 0.385 e. The predicted molar refractivity (Wildman–Crippen MR) is 60.2 cm³/mol. The lowest BCUT2D eigenvalue weighted by atomic mass is 9.73. The molecule has 1 aliphatic rings. The Kier molecular flexibility index (Phi) is 5.49. The van der Waals surface area contributed by atoms with Crippen LogP contribution < -0.4 is 5.73 Å². The van der Waals surface area contributed by atoms with Crippen molar-refractivity contribution in [1.29, 1.82) is 0 Å². The molecule has 1 saturated carbocycles. The fourth-order valence-electron chi connectivity index (χ4n) is 2.72. The standard InChI is InChI=1S/C12H25NO/c1-10-5-6-12(9-13)11(8-10)4-3-7-14-2/h10-12H,3-9,13H2,1-2H3. The fourth-order valence-corrected chi connectivity index (χ4v) is 2.72. The number of methoxy groups -OCH3 is 1. The molecule has 0 aromatic carbocycles. The van der Waals surface area contributed by atoms with Crippen molar-refractivity contribution in [3.8, 4) is 0 Å². The van der Waals surface area contributed by atoms with Crippen LogP contribution in [0.2, 0.25) is 0 Å². The van der Waals surface area contributed by atoms with E-state index in [0.29, 0.717) is 0 Å². The molecule has 0 aliphatic heterocycles. The van der Waals surface area contributed by atoms with Gasteiger partial charge in [0.05, 0.1) is 0 Å². The fraction of sp³-hybridized carbons (Fsp3) is 1.00. The zero-order chi connectivity index (χ0) is 10.4. The minimum atomic E-state index is 0.781. The molecule has 0 radical (unpaired) electrons. The highest BCUT2D eigenvalue weighted by Crippen LogP contribution is 2.35. The molecule has 0 saturated heterocycles. The van der Waals surface area contributed by atoms with Gasteiger partial charge in [0.2, 0.25) is 0 Å². The van der Waals surface area contributed by atoms with Gasteiger partial charge in [-0.25, -0.2) is 0 Å². The van der Waals surface area contributed by atoms with Crippen LogP contribution in [0.4, 0.5) is 0 Å². The maximum atomic E-state index is 5.81. The molecule has 0 bridgehead atoms. The van der Waals surface area contributed by atoms with Gasteiger partial charge in [0, 0.05) is 13.7 Å². The first-order valence-electron chi connectivity index (χ1n) is 5.97. The highest BCUT2D eigenvalue weighted by atomic mass is 16.5. The summed E-state index contributed by atoms with van der Waals surface area (Å²) in [7, 11) is 1.78. The van der Waals surface area contributed by atoms with Gasteiger partial charge in [-0.1, -0.05) is 13.3 Å². The molecule has 1 rings (SSSR count). The minimum absolute atomic E-state index is 0.781. The van der Waals surface area contributed by atoms with Gasteiger partial charge < -0.3 is 10.5 Å². The molecule has 14 heavy (non-hydrogen) atoms. The van der Waals surface area contributed by atoms with Crippen LogP contribution in [-0.4, -0.2) is 20.3 Å². The van der Waals surface area contributed by atoms with Crippen molar-refractivity contribution in [2.24, 2.45) is 23.5 Å². The smallest absolute Gasteiger partial charge is 0.0462 e. The van der Waals surface area contributed by atoms with E-state index in [0.717, 1.165) is 30.9 Å². The minimum Gasteiger partial charge on any atom is -0.385 e. The monoisotopic (exact) mass is 199 g/mol. The van der Waals surface area contributed by atoms with Gasteiger partial charge in [0.15, 0.2) is 0 Å². The van der Waals surface area contributed by atoms with Crippen LogP contribution in [0.5, 0.6) is 0 Å². The van der Waals surface area contributed by atoms with Gasteiger partial charge in [0.25, 0.3) is 0 Å². The van der Waals surface area contributed by atoms with Gasteiger partial charge in [-0.2, -0.15) is 0 Å². The SMILES string of the molecule is COCCCC1CC(C)CCC1CN. The van der Waals surface area contributed by atoms with E-state index in [2.05, 4.69) is 6.92 Å². The molecule has 84 valence electrons. The van der Waals surface area contributed by atoms with Crippen molar-refractivity contribution in [1.82, 2.24) is 0 Å². The topological polar surface area (TPSA) is 35.2 Å². The van der Waals surface area contributed by atoms with Crippen molar-refractivity contribution in [3.05, 3.63) is 0 Å². The van der Waals surface area contributed by atoms with E-state index in [9.17, 15) is 0 Å². The van der Waals surface area contributed by atoms with E-state index in [1.165, 1.54) is 32.1 Å². The van der Waals surface area contributed by atoms with Gasteiger partial charge in [-0.15, -0.1) is 0 Å². The Balaban J connectivity index is 2.29. The summed E-state index contributed by atoms with van der Waals surface area (Å²) in [4.78, 5) is 0. The molecule has 3 unspecified atom stereocenters. The molecule has 0 heterocycles. The summed E-state index contributed by atoms with van der Waals surface area (Å²) in [6.07, 6.45) is 6.61. The summed E-state index contributed by atoms with van der Waals surface area (Å²) in [6, 6.07) is 0. The first-order valence-corrected chi connectivity index (χ1v) is 5.97. The summed E-state index contributed by atoms with van der Waals surface area (Å²) in [6.45, 7) is 4.16. The van der Waals surface area contributed by atoms with Gasteiger partial charge >= 0.3 is 0 Å². The zero-order valence-corrected chi connectivity index (χ0v) is 9.67. The highest BCUT2D eigenvalue weighted by Gasteiger charge is 2.26. The molecule has 2 N–H and O–H groups in total. The lowest BCUT2D eigenvalue weighted by Crippen LogP contribution is -2.29. The molecule has 0 aromatic heterocycles. The van der Waals surface area contributed by atoms with Gasteiger partial charge in [0.1, 0.15) is 0 Å². The first-order chi connectivity index (χ1) is 6.77. The molecule has 1 fully saturated rings. The van der Waals surface area contributed by atoms with Crippen LogP contribution in [0.15, 0.2) is 0 Å². The molecule has 0 spiro atoms. The van der Waals surface area contributed by atoms with E-state index in [1.54, 1.807) is 7.11 Å². The average Bonchev–Trinajstić information content (AvgIpc) is 2.19. The Bertz CT molecular complexity index is 149. The molecule has 0 amide bonds. The summed E-state index contributed by atoms with van der Waals surface area (Å²) in [5.41, 5.74) is 5.81. The lowest BCUT2D eigenvalue weighted by molar-refractivity contribution is 0.149. The molecule has 2 nitrogen and oxygen atoms in total. The Morgan fingerprint density at radius 2 is 2.07 bits per heavy atom. The van der Waals surface area contributed by atoms with Crippen LogP contribution in [0.1, 0.15) is 39.0 Å².